The first-order valence-electron chi connectivity index (χ1n) is 11.8. The molecule has 1 saturated carbocycles. The average molecular weight is 503 g/mol. The summed E-state index contributed by atoms with van der Waals surface area (Å²) in [5.41, 5.74) is 11.8. The normalized spacial score (nSPS) is 14.9. The first-order valence-corrected chi connectivity index (χ1v) is 11.8. The Labute approximate surface area is 206 Å². The number of nitrogens with one attached hydrogen (secondary N) is 1. The van der Waals surface area contributed by atoms with Gasteiger partial charge in [0.2, 0.25) is 0 Å². The van der Waals surface area contributed by atoms with E-state index >= 15 is 0 Å². The molecular weight excluding hydrogens is 473 g/mol. The molecule has 0 atom stereocenters. The number of carbonyl (C=O) groups is 2. The van der Waals surface area contributed by atoms with Gasteiger partial charge in [0.1, 0.15) is 28.3 Å². The van der Waals surface area contributed by atoms with Crippen LogP contribution in [0.3, 0.4) is 0 Å². The largest absolute Gasteiger partial charge is 0.399 e. The van der Waals surface area contributed by atoms with Crippen LogP contribution in [0.4, 0.5) is 19.0 Å². The molecule has 1 amide bonds. The van der Waals surface area contributed by atoms with Gasteiger partial charge < -0.3 is 11.5 Å². The molecule has 11 heteroatoms. The number of benzene rings is 1. The van der Waals surface area contributed by atoms with Crippen molar-refractivity contribution in [3.8, 4) is 11.3 Å². The Morgan fingerprint density at radius 1 is 1.11 bits per heavy atom. The van der Waals surface area contributed by atoms with Gasteiger partial charge in [-0.15, -0.1) is 0 Å². The van der Waals surface area contributed by atoms with Crippen LogP contribution in [0, 0.1) is 0 Å². The van der Waals surface area contributed by atoms with Gasteiger partial charge >= 0.3 is 6.18 Å². The second-order valence-electron chi connectivity index (χ2n) is 9.85. The maximum absolute atomic E-state index is 13.2. The number of anilines is 1. The van der Waals surface area contributed by atoms with Gasteiger partial charge in [-0.05, 0) is 38.3 Å². The number of ketones is 1. The third-order valence-electron chi connectivity index (χ3n) is 6.86. The van der Waals surface area contributed by atoms with E-state index < -0.39 is 17.5 Å². The number of alkyl halides is 3. The van der Waals surface area contributed by atoms with Crippen molar-refractivity contribution in [3.05, 3.63) is 52.8 Å². The monoisotopic (exact) mass is 502 g/mol. The lowest BCUT2D eigenvalue weighted by Crippen LogP contribution is -2.36. The van der Waals surface area contributed by atoms with E-state index in [4.69, 9.17) is 11.5 Å². The zero-order valence-electron chi connectivity index (χ0n) is 20.2. The smallest absolute Gasteiger partial charge is 0.383 e. The molecule has 0 unspecified atom stereocenters. The summed E-state index contributed by atoms with van der Waals surface area (Å²) in [5, 5.41) is 10.9. The van der Waals surface area contributed by atoms with E-state index in [1.165, 1.54) is 6.07 Å². The van der Waals surface area contributed by atoms with Crippen LogP contribution in [0.2, 0.25) is 0 Å². The molecule has 1 aliphatic carbocycles. The number of nitrogens with zero attached hydrogens (tertiary/aromatic N) is 3. The van der Waals surface area contributed by atoms with Crippen LogP contribution < -0.4 is 11.5 Å². The fraction of sp³-hybridized carbons (Fsp3) is 0.440. The highest BCUT2D eigenvalue weighted by Crippen LogP contribution is 2.39. The van der Waals surface area contributed by atoms with Gasteiger partial charge in [-0.25, -0.2) is 4.68 Å². The lowest BCUT2D eigenvalue weighted by molar-refractivity contribution is -0.181. The molecule has 0 bridgehead atoms. The van der Waals surface area contributed by atoms with Crippen LogP contribution in [0.1, 0.15) is 72.9 Å². The molecule has 0 saturated heterocycles. The Balaban J connectivity index is 1.47. The summed E-state index contributed by atoms with van der Waals surface area (Å²) in [6.45, 7) is 2.09. The van der Waals surface area contributed by atoms with E-state index in [9.17, 15) is 22.8 Å². The van der Waals surface area contributed by atoms with E-state index in [1.54, 1.807) is 28.9 Å². The average Bonchev–Trinajstić information content (AvgIpc) is 3.53. The van der Waals surface area contributed by atoms with E-state index in [0.29, 0.717) is 22.5 Å². The molecule has 4 rings (SSSR count). The van der Waals surface area contributed by atoms with Gasteiger partial charge in [-0.3, -0.25) is 14.7 Å². The van der Waals surface area contributed by atoms with Crippen molar-refractivity contribution >= 4 is 17.5 Å². The molecule has 192 valence electrons. The van der Waals surface area contributed by atoms with Crippen molar-refractivity contribution in [3.63, 3.8) is 0 Å². The minimum absolute atomic E-state index is 0.0726. The summed E-state index contributed by atoms with van der Waals surface area (Å²) in [4.78, 5) is 24.7. The first-order chi connectivity index (χ1) is 16.9. The van der Waals surface area contributed by atoms with Gasteiger partial charge in [0.15, 0.2) is 0 Å². The number of hydrogen-bond acceptors (Lipinski definition) is 5. The van der Waals surface area contributed by atoms with Crippen molar-refractivity contribution < 1.29 is 22.8 Å². The SMILES string of the molecule is CC(C)(c1cc(CC(=O)Cc2ccc(-c3nn(C4CCCC4)c(N)c3C(N)=O)cc2)[nH]n1)C(F)(F)F. The Bertz CT molecular complexity index is 1270. The van der Waals surface area contributed by atoms with E-state index in [0.717, 1.165) is 39.5 Å². The van der Waals surface area contributed by atoms with Crippen molar-refractivity contribution in [2.75, 3.05) is 5.73 Å². The number of halogens is 3. The molecule has 36 heavy (non-hydrogen) atoms. The Kier molecular flexibility index (Phi) is 6.68. The molecule has 2 heterocycles. The third kappa shape index (κ3) is 4.87. The molecule has 2 aromatic heterocycles. The zero-order chi connectivity index (χ0) is 26.3. The number of H-pyrrole nitrogens is 1. The number of nitrogens with two attached hydrogens (primary N) is 2. The topological polar surface area (TPSA) is 133 Å². The maximum Gasteiger partial charge on any atom is 0.399 e. The molecule has 3 aromatic rings. The van der Waals surface area contributed by atoms with Crippen LogP contribution in [0.5, 0.6) is 0 Å². The fourth-order valence-electron chi connectivity index (χ4n) is 4.52. The highest BCUT2D eigenvalue weighted by atomic mass is 19.4. The third-order valence-corrected chi connectivity index (χ3v) is 6.86. The molecule has 1 fully saturated rings. The Morgan fingerprint density at radius 3 is 2.33 bits per heavy atom. The van der Waals surface area contributed by atoms with Crippen molar-refractivity contribution in [2.45, 2.75) is 70.0 Å². The number of amides is 1. The van der Waals surface area contributed by atoms with E-state index in [-0.39, 0.29) is 41.7 Å². The van der Waals surface area contributed by atoms with Crippen LogP contribution >= 0.6 is 0 Å². The summed E-state index contributed by atoms with van der Waals surface area (Å²) in [7, 11) is 0. The van der Waals surface area contributed by atoms with Gasteiger partial charge in [-0.2, -0.15) is 23.4 Å². The molecule has 1 aromatic carbocycles. The zero-order valence-corrected chi connectivity index (χ0v) is 20.2. The second kappa shape index (κ2) is 9.44. The van der Waals surface area contributed by atoms with Crippen LogP contribution in [0.15, 0.2) is 30.3 Å². The summed E-state index contributed by atoms with van der Waals surface area (Å²) in [5.74, 6) is -0.578. The number of Topliss-reactive ketones (excluding diaryl/α,β-unsaturated/α-hetero) is 1. The summed E-state index contributed by atoms with van der Waals surface area (Å²) in [6, 6.07) is 8.40. The van der Waals surface area contributed by atoms with E-state index in [2.05, 4.69) is 15.3 Å². The second-order valence-corrected chi connectivity index (χ2v) is 9.85. The first kappa shape index (κ1) is 25.5. The number of aromatic nitrogens is 4. The molecule has 0 radical (unpaired) electrons. The summed E-state index contributed by atoms with van der Waals surface area (Å²) >= 11 is 0. The lowest BCUT2D eigenvalue weighted by atomic mass is 9.88. The van der Waals surface area contributed by atoms with Crippen molar-refractivity contribution in [1.29, 1.82) is 0 Å². The van der Waals surface area contributed by atoms with Crippen molar-refractivity contribution in [1.82, 2.24) is 20.0 Å². The van der Waals surface area contributed by atoms with Crippen LogP contribution in [0.25, 0.3) is 11.3 Å². The predicted molar refractivity (Wildman–Crippen MR) is 128 cm³/mol. The van der Waals surface area contributed by atoms with E-state index in [1.807, 2.05) is 0 Å². The Morgan fingerprint density at radius 2 is 1.75 bits per heavy atom. The number of rotatable bonds is 8. The fourth-order valence-corrected chi connectivity index (χ4v) is 4.52. The molecule has 1 aliphatic rings. The quantitative estimate of drug-likeness (QED) is 0.423. The predicted octanol–water partition coefficient (Wildman–Crippen LogP) is 4.26. The molecule has 0 aliphatic heterocycles. The highest BCUT2D eigenvalue weighted by molar-refractivity contribution is 6.03. The molecule has 5 N–H and O–H groups in total. The molecule has 8 nitrogen and oxygen atoms in total. The minimum Gasteiger partial charge on any atom is -0.383 e. The minimum atomic E-state index is -4.46. The van der Waals surface area contributed by atoms with Crippen molar-refractivity contribution in [2.24, 2.45) is 5.73 Å². The van der Waals surface area contributed by atoms with Gasteiger partial charge in [0.25, 0.3) is 5.91 Å². The maximum atomic E-state index is 13.2. The van der Waals surface area contributed by atoms with Gasteiger partial charge in [0.05, 0.1) is 11.7 Å². The summed E-state index contributed by atoms with van der Waals surface area (Å²) in [6.07, 6.45) is -0.416. The number of hydrogen-bond donors (Lipinski definition) is 3. The van der Waals surface area contributed by atoms with Gasteiger partial charge in [-0.1, -0.05) is 37.1 Å². The van der Waals surface area contributed by atoms with Crippen LogP contribution in [-0.4, -0.2) is 37.8 Å². The van der Waals surface area contributed by atoms with Gasteiger partial charge in [0, 0.05) is 24.1 Å². The number of carbonyl (C=O) groups excluding carboxylic acids is 2. The highest BCUT2D eigenvalue weighted by Gasteiger charge is 2.50. The summed E-state index contributed by atoms with van der Waals surface area (Å²) < 4.78 is 41.4. The molecule has 0 spiro atoms. The molecular formula is C25H29F3N6O2. The lowest BCUT2D eigenvalue weighted by Gasteiger charge is -2.25. The van der Waals surface area contributed by atoms with Crippen LogP contribution in [-0.2, 0) is 23.1 Å². The number of primary amides is 1. The number of nitrogen functional groups attached to an aromatic ring is 1. The number of aromatic amines is 1. The Hall–Kier alpha value is -3.63. The standard InChI is InChI=1S/C25H29F3N6O2/c1-24(2,25(26,27)28)19-13-16(31-32-19)12-18(35)11-14-7-9-15(10-8-14)21-20(23(30)36)22(29)34(33-21)17-5-3-4-6-17/h7-10,13,17H,3-6,11-12,29H2,1-2H3,(H2,30,36)(H,31,32).